The fourth-order valence-electron chi connectivity index (χ4n) is 4.90. The Hall–Kier alpha value is -4.01. The SMILES string of the molecule is Oc1cc(OCCN2CCN(Cc3ccc4c(c3)OCO4)CC2)ccc1-c1[nH]ncc1-c1ccccc1. The molecule has 0 bridgehead atoms. The number of aromatic amines is 1. The maximum atomic E-state index is 10.7. The van der Waals surface area contributed by atoms with Crippen LogP contribution in [0.15, 0.2) is 72.9 Å². The largest absolute Gasteiger partial charge is 0.507 e. The number of fused-ring (bicyclic) bond motifs is 1. The number of phenols is 1. The first kappa shape index (κ1) is 23.4. The zero-order chi connectivity index (χ0) is 25.0. The molecule has 8 nitrogen and oxygen atoms in total. The van der Waals surface area contributed by atoms with E-state index in [9.17, 15) is 5.11 Å². The van der Waals surface area contributed by atoms with E-state index >= 15 is 0 Å². The molecule has 0 amide bonds. The Kier molecular flexibility index (Phi) is 6.66. The van der Waals surface area contributed by atoms with Gasteiger partial charge in [0.25, 0.3) is 0 Å². The Morgan fingerprint density at radius 3 is 2.51 bits per heavy atom. The maximum Gasteiger partial charge on any atom is 0.231 e. The van der Waals surface area contributed by atoms with Gasteiger partial charge in [0.1, 0.15) is 18.1 Å². The molecule has 2 aliphatic heterocycles. The molecule has 8 heteroatoms. The van der Waals surface area contributed by atoms with E-state index in [1.807, 2.05) is 48.5 Å². The number of aromatic hydroxyl groups is 1. The van der Waals surface area contributed by atoms with Gasteiger partial charge in [-0.25, -0.2) is 0 Å². The first-order valence-electron chi connectivity index (χ1n) is 12.6. The standard InChI is InChI=1S/C29H30N4O4/c34-26-17-23(7-8-24(26)29-25(18-30-31-29)22-4-2-1-3-5-22)35-15-14-32-10-12-33(13-11-32)19-21-6-9-27-28(16-21)37-20-36-27/h1-9,16-18,34H,10-15,19-20H2,(H,30,31). The molecule has 0 atom stereocenters. The minimum atomic E-state index is 0.163. The molecule has 6 rings (SSSR count). The summed E-state index contributed by atoms with van der Waals surface area (Å²) in [6.07, 6.45) is 1.78. The van der Waals surface area contributed by atoms with Gasteiger partial charge < -0.3 is 19.3 Å². The van der Waals surface area contributed by atoms with Crippen molar-refractivity contribution in [3.8, 4) is 45.4 Å². The van der Waals surface area contributed by atoms with Gasteiger partial charge in [-0.1, -0.05) is 36.4 Å². The lowest BCUT2D eigenvalue weighted by molar-refractivity contribution is 0.112. The molecular weight excluding hydrogens is 468 g/mol. The van der Waals surface area contributed by atoms with Gasteiger partial charge in [0.15, 0.2) is 11.5 Å². The van der Waals surface area contributed by atoms with E-state index in [2.05, 4.69) is 32.1 Å². The number of nitrogens with zero attached hydrogens (tertiary/aromatic N) is 3. The highest BCUT2D eigenvalue weighted by Gasteiger charge is 2.19. The van der Waals surface area contributed by atoms with E-state index in [0.29, 0.717) is 24.7 Å². The zero-order valence-electron chi connectivity index (χ0n) is 20.6. The lowest BCUT2D eigenvalue weighted by Gasteiger charge is -2.34. The van der Waals surface area contributed by atoms with Gasteiger partial charge in [0.2, 0.25) is 6.79 Å². The molecular formula is C29H30N4O4. The average molecular weight is 499 g/mol. The number of ether oxygens (including phenoxy) is 3. The summed E-state index contributed by atoms with van der Waals surface area (Å²) in [5, 5.41) is 17.9. The molecule has 2 aliphatic rings. The van der Waals surface area contributed by atoms with Crippen molar-refractivity contribution in [2.24, 2.45) is 0 Å². The molecule has 4 aromatic rings. The van der Waals surface area contributed by atoms with E-state index in [0.717, 1.165) is 67.6 Å². The Balaban J connectivity index is 0.988. The van der Waals surface area contributed by atoms with E-state index in [4.69, 9.17) is 14.2 Å². The van der Waals surface area contributed by atoms with Crippen LogP contribution in [0.5, 0.6) is 23.0 Å². The number of aromatic nitrogens is 2. The van der Waals surface area contributed by atoms with Crippen LogP contribution in [0.25, 0.3) is 22.4 Å². The van der Waals surface area contributed by atoms with E-state index in [1.165, 1.54) is 5.56 Å². The van der Waals surface area contributed by atoms with Gasteiger partial charge in [-0.3, -0.25) is 14.9 Å². The topological polar surface area (TPSA) is 83.1 Å². The highest BCUT2D eigenvalue weighted by atomic mass is 16.7. The summed E-state index contributed by atoms with van der Waals surface area (Å²) in [4.78, 5) is 4.88. The molecule has 0 unspecified atom stereocenters. The Labute approximate surface area is 216 Å². The molecule has 0 saturated carbocycles. The Bertz CT molecular complexity index is 1350. The summed E-state index contributed by atoms with van der Waals surface area (Å²) < 4.78 is 16.9. The van der Waals surface area contributed by atoms with Crippen molar-refractivity contribution in [2.45, 2.75) is 6.54 Å². The summed E-state index contributed by atoms with van der Waals surface area (Å²) in [6.45, 7) is 6.66. The number of phenolic OH excluding ortho intramolecular Hbond substituents is 1. The number of hydrogen-bond acceptors (Lipinski definition) is 7. The third-order valence-corrected chi connectivity index (χ3v) is 6.95. The number of benzene rings is 3. The predicted octanol–water partition coefficient (Wildman–Crippen LogP) is 4.37. The van der Waals surface area contributed by atoms with Crippen molar-refractivity contribution in [2.75, 3.05) is 46.1 Å². The summed E-state index contributed by atoms with van der Waals surface area (Å²) in [5.74, 6) is 2.49. The molecule has 1 aromatic heterocycles. The highest BCUT2D eigenvalue weighted by molar-refractivity contribution is 5.83. The van der Waals surface area contributed by atoms with E-state index < -0.39 is 0 Å². The minimum Gasteiger partial charge on any atom is -0.507 e. The minimum absolute atomic E-state index is 0.163. The van der Waals surface area contributed by atoms with Crippen molar-refractivity contribution in [1.82, 2.24) is 20.0 Å². The molecule has 190 valence electrons. The summed E-state index contributed by atoms with van der Waals surface area (Å²) in [6, 6.07) is 21.6. The van der Waals surface area contributed by atoms with Crippen LogP contribution in [0.4, 0.5) is 0 Å². The van der Waals surface area contributed by atoms with Gasteiger partial charge >= 0.3 is 0 Å². The fraction of sp³-hybridized carbons (Fsp3) is 0.276. The lowest BCUT2D eigenvalue weighted by atomic mass is 10.0. The van der Waals surface area contributed by atoms with Crippen molar-refractivity contribution >= 4 is 0 Å². The molecule has 3 heterocycles. The molecule has 3 aromatic carbocycles. The number of nitrogens with one attached hydrogen (secondary N) is 1. The quantitative estimate of drug-likeness (QED) is 0.373. The van der Waals surface area contributed by atoms with Gasteiger partial charge in [-0.2, -0.15) is 5.10 Å². The Morgan fingerprint density at radius 2 is 1.68 bits per heavy atom. The second kappa shape index (κ2) is 10.5. The first-order valence-corrected chi connectivity index (χ1v) is 12.6. The smallest absolute Gasteiger partial charge is 0.231 e. The van der Waals surface area contributed by atoms with Gasteiger partial charge in [0.05, 0.1) is 11.9 Å². The third kappa shape index (κ3) is 5.26. The summed E-state index contributed by atoms with van der Waals surface area (Å²) in [7, 11) is 0. The monoisotopic (exact) mass is 498 g/mol. The number of hydrogen-bond donors (Lipinski definition) is 2. The normalized spacial score (nSPS) is 15.7. The molecule has 1 fully saturated rings. The average Bonchev–Trinajstić information content (AvgIpc) is 3.60. The predicted molar refractivity (Wildman–Crippen MR) is 141 cm³/mol. The van der Waals surface area contributed by atoms with Gasteiger partial charge in [0, 0.05) is 56.5 Å². The van der Waals surface area contributed by atoms with Crippen LogP contribution in [0.2, 0.25) is 0 Å². The van der Waals surface area contributed by atoms with Crippen molar-refractivity contribution in [3.63, 3.8) is 0 Å². The second-order valence-corrected chi connectivity index (χ2v) is 9.36. The van der Waals surface area contributed by atoms with Crippen molar-refractivity contribution < 1.29 is 19.3 Å². The number of piperazine rings is 1. The molecule has 0 radical (unpaired) electrons. The summed E-state index contributed by atoms with van der Waals surface area (Å²) >= 11 is 0. The fourth-order valence-corrected chi connectivity index (χ4v) is 4.90. The molecule has 37 heavy (non-hydrogen) atoms. The van der Waals surface area contributed by atoms with Gasteiger partial charge in [-0.05, 0) is 35.4 Å². The van der Waals surface area contributed by atoms with Crippen LogP contribution in [-0.4, -0.2) is 71.2 Å². The third-order valence-electron chi connectivity index (χ3n) is 6.95. The molecule has 1 saturated heterocycles. The van der Waals surface area contributed by atoms with Crippen LogP contribution in [0.3, 0.4) is 0 Å². The van der Waals surface area contributed by atoms with Crippen LogP contribution in [0.1, 0.15) is 5.56 Å². The first-order chi connectivity index (χ1) is 18.2. The zero-order valence-corrected chi connectivity index (χ0v) is 20.6. The Morgan fingerprint density at radius 1 is 0.865 bits per heavy atom. The number of rotatable bonds is 8. The van der Waals surface area contributed by atoms with Crippen LogP contribution in [0, 0.1) is 0 Å². The maximum absolute atomic E-state index is 10.7. The van der Waals surface area contributed by atoms with E-state index in [-0.39, 0.29) is 5.75 Å². The summed E-state index contributed by atoms with van der Waals surface area (Å²) in [5.41, 5.74) is 4.72. The second-order valence-electron chi connectivity index (χ2n) is 9.36. The van der Waals surface area contributed by atoms with Crippen LogP contribution < -0.4 is 14.2 Å². The number of H-pyrrole nitrogens is 1. The molecule has 0 aliphatic carbocycles. The van der Waals surface area contributed by atoms with Crippen molar-refractivity contribution in [3.05, 3.63) is 78.5 Å². The van der Waals surface area contributed by atoms with Crippen molar-refractivity contribution in [1.29, 1.82) is 0 Å². The van der Waals surface area contributed by atoms with E-state index in [1.54, 1.807) is 12.3 Å². The molecule has 2 N–H and O–H groups in total. The van der Waals surface area contributed by atoms with Crippen LogP contribution in [-0.2, 0) is 6.54 Å². The van der Waals surface area contributed by atoms with Crippen LogP contribution >= 0.6 is 0 Å². The highest BCUT2D eigenvalue weighted by Crippen LogP contribution is 2.37. The molecule has 0 spiro atoms. The van der Waals surface area contributed by atoms with Gasteiger partial charge in [-0.15, -0.1) is 0 Å². The lowest BCUT2D eigenvalue weighted by Crippen LogP contribution is -2.47.